The highest BCUT2D eigenvalue weighted by Gasteiger charge is 2.11. The Morgan fingerprint density at radius 1 is 1.37 bits per heavy atom. The summed E-state index contributed by atoms with van der Waals surface area (Å²) in [5.74, 6) is 0.366. The maximum atomic E-state index is 11.6. The molecule has 0 amide bonds. The Morgan fingerprint density at radius 3 is 2.58 bits per heavy atom. The first-order valence-corrected chi connectivity index (χ1v) is 7.46. The molecule has 19 heavy (non-hydrogen) atoms. The van der Waals surface area contributed by atoms with Crippen molar-refractivity contribution in [3.63, 3.8) is 0 Å². The van der Waals surface area contributed by atoms with Gasteiger partial charge in [-0.1, -0.05) is 13.8 Å². The van der Waals surface area contributed by atoms with E-state index >= 15 is 0 Å². The van der Waals surface area contributed by atoms with E-state index in [4.69, 9.17) is 4.74 Å². The van der Waals surface area contributed by atoms with Crippen LogP contribution in [0, 0.1) is 5.92 Å². The summed E-state index contributed by atoms with van der Waals surface area (Å²) in [5.41, 5.74) is 1.57. The van der Waals surface area contributed by atoms with Gasteiger partial charge < -0.3 is 10.1 Å². The first-order chi connectivity index (χ1) is 8.93. The highest BCUT2D eigenvalue weighted by molar-refractivity contribution is 9.10. The van der Waals surface area contributed by atoms with Gasteiger partial charge in [0.2, 0.25) is 0 Å². The van der Waals surface area contributed by atoms with Crippen LogP contribution in [0.5, 0.6) is 0 Å². The third-order valence-corrected chi connectivity index (χ3v) is 3.36. The number of carbonyl (C=O) groups is 1. The quantitative estimate of drug-likeness (QED) is 0.783. The predicted octanol–water partition coefficient (Wildman–Crippen LogP) is 4.47. The van der Waals surface area contributed by atoms with Gasteiger partial charge in [0.25, 0.3) is 0 Å². The number of benzene rings is 1. The van der Waals surface area contributed by atoms with Gasteiger partial charge in [0.1, 0.15) is 0 Å². The fourth-order valence-electron chi connectivity index (χ4n) is 2.01. The molecule has 4 heteroatoms. The number of hydrogen-bond acceptors (Lipinski definition) is 3. The van der Waals surface area contributed by atoms with Gasteiger partial charge >= 0.3 is 5.97 Å². The smallest absolute Gasteiger partial charge is 0.338 e. The van der Waals surface area contributed by atoms with Crippen LogP contribution in [0.3, 0.4) is 0 Å². The largest absolute Gasteiger partial charge is 0.462 e. The number of halogens is 1. The standard InChI is InChI=1S/C15H22BrNO2/c1-5-19-15(18)12-6-7-14(13(16)9-12)17-11(4)8-10(2)3/h6-7,9-11,17H,5,8H2,1-4H3. The van der Waals surface area contributed by atoms with E-state index in [9.17, 15) is 4.79 Å². The summed E-state index contributed by atoms with van der Waals surface area (Å²) in [4.78, 5) is 11.6. The molecular formula is C15H22BrNO2. The van der Waals surface area contributed by atoms with Gasteiger partial charge in [-0.3, -0.25) is 0 Å². The monoisotopic (exact) mass is 327 g/mol. The van der Waals surface area contributed by atoms with E-state index in [0.29, 0.717) is 24.1 Å². The van der Waals surface area contributed by atoms with E-state index < -0.39 is 0 Å². The van der Waals surface area contributed by atoms with Crippen molar-refractivity contribution in [2.24, 2.45) is 5.92 Å². The highest BCUT2D eigenvalue weighted by atomic mass is 79.9. The lowest BCUT2D eigenvalue weighted by molar-refractivity contribution is 0.0526. The maximum Gasteiger partial charge on any atom is 0.338 e. The molecular weight excluding hydrogens is 306 g/mol. The summed E-state index contributed by atoms with van der Waals surface area (Å²) in [6, 6.07) is 5.88. The van der Waals surface area contributed by atoms with Crippen LogP contribution < -0.4 is 5.32 Å². The van der Waals surface area contributed by atoms with Crippen LogP contribution in [0.4, 0.5) is 5.69 Å². The average molecular weight is 328 g/mol. The third-order valence-electron chi connectivity index (χ3n) is 2.71. The topological polar surface area (TPSA) is 38.3 Å². The Labute approximate surface area is 123 Å². The normalized spacial score (nSPS) is 12.3. The molecule has 0 aliphatic rings. The molecule has 1 unspecified atom stereocenters. The number of esters is 1. The van der Waals surface area contributed by atoms with Crippen molar-refractivity contribution < 1.29 is 9.53 Å². The second kappa shape index (κ2) is 7.53. The fraction of sp³-hybridized carbons (Fsp3) is 0.533. The molecule has 0 saturated heterocycles. The van der Waals surface area contributed by atoms with Gasteiger partial charge in [-0.15, -0.1) is 0 Å². The zero-order chi connectivity index (χ0) is 14.4. The van der Waals surface area contributed by atoms with Gasteiger partial charge in [0.15, 0.2) is 0 Å². The summed E-state index contributed by atoms with van der Waals surface area (Å²) < 4.78 is 5.86. The van der Waals surface area contributed by atoms with Crippen molar-refractivity contribution in [1.82, 2.24) is 0 Å². The van der Waals surface area contributed by atoms with Crippen LogP contribution in [-0.2, 0) is 4.74 Å². The first-order valence-electron chi connectivity index (χ1n) is 6.67. The first kappa shape index (κ1) is 16.0. The van der Waals surface area contributed by atoms with Crippen molar-refractivity contribution >= 4 is 27.6 Å². The number of nitrogens with one attached hydrogen (secondary N) is 1. The number of anilines is 1. The molecule has 0 aromatic heterocycles. The van der Waals surface area contributed by atoms with E-state index in [1.165, 1.54) is 0 Å². The molecule has 3 nitrogen and oxygen atoms in total. The summed E-state index contributed by atoms with van der Waals surface area (Å²) in [6.45, 7) is 8.76. The van der Waals surface area contributed by atoms with Crippen LogP contribution in [-0.4, -0.2) is 18.6 Å². The molecule has 0 fully saturated rings. The molecule has 1 N–H and O–H groups in total. The zero-order valence-electron chi connectivity index (χ0n) is 12.0. The van der Waals surface area contributed by atoms with Crippen LogP contribution >= 0.6 is 15.9 Å². The summed E-state index contributed by atoms with van der Waals surface area (Å²) in [7, 11) is 0. The molecule has 0 spiro atoms. The van der Waals surface area contributed by atoms with Crippen molar-refractivity contribution in [2.45, 2.75) is 40.2 Å². The van der Waals surface area contributed by atoms with Crippen LogP contribution in [0.15, 0.2) is 22.7 Å². The van der Waals surface area contributed by atoms with Crippen molar-refractivity contribution in [2.75, 3.05) is 11.9 Å². The molecule has 0 aliphatic heterocycles. The average Bonchev–Trinajstić information content (AvgIpc) is 2.31. The summed E-state index contributed by atoms with van der Waals surface area (Å²) in [6.07, 6.45) is 1.10. The second-order valence-electron chi connectivity index (χ2n) is 5.09. The van der Waals surface area contributed by atoms with Gasteiger partial charge in [-0.25, -0.2) is 4.79 Å². The fourth-order valence-corrected chi connectivity index (χ4v) is 2.50. The lowest BCUT2D eigenvalue weighted by Gasteiger charge is -2.18. The molecule has 1 rings (SSSR count). The van der Waals surface area contributed by atoms with Crippen LogP contribution in [0.1, 0.15) is 44.5 Å². The Bertz CT molecular complexity index is 432. The van der Waals surface area contributed by atoms with E-state index in [-0.39, 0.29) is 5.97 Å². The molecule has 1 aromatic carbocycles. The molecule has 1 atom stereocenters. The highest BCUT2D eigenvalue weighted by Crippen LogP contribution is 2.25. The van der Waals surface area contributed by atoms with Crippen LogP contribution in [0.25, 0.3) is 0 Å². The molecule has 0 bridgehead atoms. The van der Waals surface area contributed by atoms with E-state index in [0.717, 1.165) is 16.6 Å². The van der Waals surface area contributed by atoms with Crippen molar-refractivity contribution in [1.29, 1.82) is 0 Å². The number of carbonyl (C=O) groups excluding carboxylic acids is 1. The Hall–Kier alpha value is -1.03. The van der Waals surface area contributed by atoms with Gasteiger partial charge in [-0.2, -0.15) is 0 Å². The minimum absolute atomic E-state index is 0.287. The molecule has 106 valence electrons. The SMILES string of the molecule is CCOC(=O)c1ccc(NC(C)CC(C)C)c(Br)c1. The summed E-state index contributed by atoms with van der Waals surface area (Å²) in [5, 5.41) is 3.44. The minimum Gasteiger partial charge on any atom is -0.462 e. The van der Waals surface area contributed by atoms with Crippen molar-refractivity contribution in [3.8, 4) is 0 Å². The zero-order valence-corrected chi connectivity index (χ0v) is 13.6. The summed E-state index contributed by atoms with van der Waals surface area (Å²) >= 11 is 3.49. The number of ether oxygens (including phenoxy) is 1. The van der Waals surface area contributed by atoms with Gasteiger partial charge in [0, 0.05) is 16.2 Å². The predicted molar refractivity (Wildman–Crippen MR) is 82.6 cm³/mol. The van der Waals surface area contributed by atoms with Crippen LogP contribution in [0.2, 0.25) is 0 Å². The molecule has 1 aromatic rings. The van der Waals surface area contributed by atoms with Gasteiger partial charge in [-0.05, 0) is 60.3 Å². The van der Waals surface area contributed by atoms with Crippen molar-refractivity contribution in [3.05, 3.63) is 28.2 Å². The maximum absolute atomic E-state index is 11.6. The lowest BCUT2D eigenvalue weighted by Crippen LogP contribution is -2.17. The number of rotatable bonds is 6. The van der Waals surface area contributed by atoms with E-state index in [2.05, 4.69) is 42.0 Å². The molecule has 0 heterocycles. The minimum atomic E-state index is -0.287. The van der Waals surface area contributed by atoms with E-state index in [1.54, 1.807) is 19.1 Å². The molecule has 0 radical (unpaired) electrons. The lowest BCUT2D eigenvalue weighted by atomic mass is 10.0. The van der Waals surface area contributed by atoms with E-state index in [1.807, 2.05) is 6.07 Å². The Balaban J connectivity index is 2.74. The Kier molecular flexibility index (Phi) is 6.35. The van der Waals surface area contributed by atoms with Gasteiger partial charge in [0.05, 0.1) is 12.2 Å². The molecule has 0 saturated carbocycles. The molecule has 0 aliphatic carbocycles. The second-order valence-corrected chi connectivity index (χ2v) is 5.94. The Morgan fingerprint density at radius 2 is 2.05 bits per heavy atom. The number of hydrogen-bond donors (Lipinski definition) is 1. The third kappa shape index (κ3) is 5.23.